The van der Waals surface area contributed by atoms with Gasteiger partial charge in [0.1, 0.15) is 0 Å². The number of imidazole rings is 1. The quantitative estimate of drug-likeness (QED) is 0.474. The average Bonchev–Trinajstić information content (AvgIpc) is 3.24. The number of benzene rings is 2. The predicted molar refractivity (Wildman–Crippen MR) is 122 cm³/mol. The topological polar surface area (TPSA) is 67.2 Å². The molecule has 0 atom stereocenters. The molecule has 0 aliphatic carbocycles. The molecule has 1 aliphatic rings. The SMILES string of the molecule is O=C(NCCCn1cnc2ccccc21)C1CCN(C(=O)/C=C/c2ccccc2)CC1. The van der Waals surface area contributed by atoms with Crippen LogP contribution >= 0.6 is 0 Å². The van der Waals surface area contributed by atoms with Crippen LogP contribution in [-0.2, 0) is 16.1 Å². The molecule has 1 fully saturated rings. The average molecular weight is 417 g/mol. The Balaban J connectivity index is 1.17. The third-order valence-electron chi connectivity index (χ3n) is 5.80. The van der Waals surface area contributed by atoms with E-state index in [1.54, 1.807) is 6.08 Å². The van der Waals surface area contributed by atoms with Crippen molar-refractivity contribution in [3.05, 3.63) is 72.6 Å². The van der Waals surface area contributed by atoms with Crippen LogP contribution in [0.3, 0.4) is 0 Å². The molecule has 2 amide bonds. The van der Waals surface area contributed by atoms with E-state index in [0.717, 1.165) is 29.6 Å². The minimum atomic E-state index is -0.0174. The second kappa shape index (κ2) is 10.1. The number of rotatable bonds is 7. The van der Waals surface area contributed by atoms with Gasteiger partial charge in [-0.05, 0) is 43.0 Å². The van der Waals surface area contributed by atoms with Gasteiger partial charge in [0.2, 0.25) is 11.8 Å². The summed E-state index contributed by atoms with van der Waals surface area (Å²) in [5.41, 5.74) is 3.12. The third-order valence-corrected chi connectivity index (χ3v) is 5.80. The summed E-state index contributed by atoms with van der Waals surface area (Å²) in [6.07, 6.45) is 7.59. The maximum atomic E-state index is 12.5. The number of hydrogen-bond acceptors (Lipinski definition) is 3. The molecule has 160 valence electrons. The Labute approximate surface area is 182 Å². The number of likely N-dealkylation sites (tertiary alicyclic amines) is 1. The molecule has 0 bridgehead atoms. The number of amides is 2. The number of nitrogens with zero attached hydrogens (tertiary/aromatic N) is 3. The van der Waals surface area contributed by atoms with E-state index < -0.39 is 0 Å². The molecule has 31 heavy (non-hydrogen) atoms. The van der Waals surface area contributed by atoms with Crippen LogP contribution in [0.25, 0.3) is 17.1 Å². The second-order valence-electron chi connectivity index (χ2n) is 7.91. The molecule has 1 saturated heterocycles. The largest absolute Gasteiger partial charge is 0.356 e. The molecule has 6 heteroatoms. The number of aromatic nitrogens is 2. The number of hydrogen-bond donors (Lipinski definition) is 1. The Morgan fingerprint density at radius 1 is 1.03 bits per heavy atom. The van der Waals surface area contributed by atoms with Gasteiger partial charge in [-0.2, -0.15) is 0 Å². The molecule has 2 aromatic carbocycles. The molecule has 0 radical (unpaired) electrons. The Bertz CT molecular complexity index is 1050. The fraction of sp³-hybridized carbons (Fsp3) is 0.320. The van der Waals surface area contributed by atoms with Crippen LogP contribution in [-0.4, -0.2) is 45.9 Å². The maximum Gasteiger partial charge on any atom is 0.246 e. The zero-order valence-electron chi connectivity index (χ0n) is 17.6. The van der Waals surface area contributed by atoms with E-state index in [0.29, 0.717) is 32.5 Å². The highest BCUT2D eigenvalue weighted by Crippen LogP contribution is 2.18. The Kier molecular flexibility index (Phi) is 6.77. The molecule has 1 aromatic heterocycles. The van der Waals surface area contributed by atoms with Gasteiger partial charge in [-0.25, -0.2) is 4.98 Å². The highest BCUT2D eigenvalue weighted by atomic mass is 16.2. The fourth-order valence-electron chi connectivity index (χ4n) is 3.99. The van der Waals surface area contributed by atoms with Crippen molar-refractivity contribution in [2.75, 3.05) is 19.6 Å². The van der Waals surface area contributed by atoms with Gasteiger partial charge in [0.05, 0.1) is 17.4 Å². The van der Waals surface area contributed by atoms with Crippen molar-refractivity contribution in [3.8, 4) is 0 Å². The minimum Gasteiger partial charge on any atom is -0.356 e. The summed E-state index contributed by atoms with van der Waals surface area (Å²) in [4.78, 5) is 31.1. The summed E-state index contributed by atoms with van der Waals surface area (Å²) in [7, 11) is 0. The van der Waals surface area contributed by atoms with Crippen LogP contribution in [0.15, 0.2) is 67.0 Å². The monoisotopic (exact) mass is 416 g/mol. The first-order chi connectivity index (χ1) is 15.2. The van der Waals surface area contributed by atoms with Gasteiger partial charge < -0.3 is 14.8 Å². The molecule has 4 rings (SSSR count). The lowest BCUT2D eigenvalue weighted by Crippen LogP contribution is -2.42. The van der Waals surface area contributed by atoms with Crippen LogP contribution in [0.1, 0.15) is 24.8 Å². The van der Waals surface area contributed by atoms with E-state index >= 15 is 0 Å². The van der Waals surface area contributed by atoms with Crippen molar-refractivity contribution in [1.29, 1.82) is 0 Å². The molecule has 3 aromatic rings. The summed E-state index contributed by atoms with van der Waals surface area (Å²) in [5, 5.41) is 3.06. The van der Waals surface area contributed by atoms with Crippen LogP contribution in [0.2, 0.25) is 0 Å². The number of para-hydroxylation sites is 2. The van der Waals surface area contributed by atoms with Crippen molar-refractivity contribution in [1.82, 2.24) is 19.8 Å². The van der Waals surface area contributed by atoms with Crippen molar-refractivity contribution < 1.29 is 9.59 Å². The smallest absolute Gasteiger partial charge is 0.246 e. The second-order valence-corrected chi connectivity index (χ2v) is 7.91. The van der Waals surface area contributed by atoms with Gasteiger partial charge in [-0.3, -0.25) is 9.59 Å². The first-order valence-electron chi connectivity index (χ1n) is 10.9. The summed E-state index contributed by atoms with van der Waals surface area (Å²) >= 11 is 0. The van der Waals surface area contributed by atoms with Gasteiger partial charge in [0.15, 0.2) is 0 Å². The normalized spacial score (nSPS) is 14.9. The Hall–Kier alpha value is -3.41. The maximum absolute atomic E-state index is 12.5. The van der Waals surface area contributed by atoms with E-state index in [4.69, 9.17) is 0 Å². The zero-order valence-corrected chi connectivity index (χ0v) is 17.6. The summed E-state index contributed by atoms with van der Waals surface area (Å²) < 4.78 is 2.12. The van der Waals surface area contributed by atoms with Gasteiger partial charge in [-0.15, -0.1) is 0 Å². The molecule has 1 aliphatic heterocycles. The number of nitrogens with one attached hydrogen (secondary N) is 1. The third kappa shape index (κ3) is 5.40. The van der Waals surface area contributed by atoms with Gasteiger partial charge in [0, 0.05) is 38.2 Å². The first kappa shape index (κ1) is 20.8. The predicted octanol–water partition coefficient (Wildman–Crippen LogP) is 3.49. The highest BCUT2D eigenvalue weighted by molar-refractivity contribution is 5.92. The molecule has 1 N–H and O–H groups in total. The van der Waals surface area contributed by atoms with Crippen LogP contribution < -0.4 is 5.32 Å². The van der Waals surface area contributed by atoms with E-state index in [-0.39, 0.29) is 17.7 Å². The molecule has 0 unspecified atom stereocenters. The number of piperidine rings is 1. The fourth-order valence-corrected chi connectivity index (χ4v) is 3.99. The molecule has 0 saturated carbocycles. The molecular formula is C25H28N4O2. The van der Waals surface area contributed by atoms with E-state index in [2.05, 4.69) is 20.9 Å². The highest BCUT2D eigenvalue weighted by Gasteiger charge is 2.26. The van der Waals surface area contributed by atoms with Crippen LogP contribution in [0, 0.1) is 5.92 Å². The first-order valence-corrected chi connectivity index (χ1v) is 10.9. The molecule has 6 nitrogen and oxygen atoms in total. The van der Waals surface area contributed by atoms with Crippen molar-refractivity contribution >= 4 is 28.9 Å². The summed E-state index contributed by atoms with van der Waals surface area (Å²) in [6.45, 7) is 2.71. The molecule has 0 spiro atoms. The molecule has 2 heterocycles. The lowest BCUT2D eigenvalue weighted by Gasteiger charge is -2.30. The lowest BCUT2D eigenvalue weighted by atomic mass is 9.95. The summed E-state index contributed by atoms with van der Waals surface area (Å²) in [6, 6.07) is 17.8. The van der Waals surface area contributed by atoms with Gasteiger partial charge >= 0.3 is 0 Å². The number of aryl methyl sites for hydroxylation is 1. The lowest BCUT2D eigenvalue weighted by molar-refractivity contribution is -0.132. The van der Waals surface area contributed by atoms with Crippen LogP contribution in [0.4, 0.5) is 0 Å². The summed E-state index contributed by atoms with van der Waals surface area (Å²) in [5.74, 6) is 0.0916. The standard InChI is InChI=1S/C25H28N4O2/c30-24(12-11-20-7-2-1-3-8-20)28-17-13-21(14-18-28)25(31)26-15-6-16-29-19-27-22-9-4-5-10-23(22)29/h1-5,7-12,19,21H,6,13-18H2,(H,26,31)/b12-11+. The van der Waals surface area contributed by atoms with Crippen molar-refractivity contribution in [2.45, 2.75) is 25.8 Å². The minimum absolute atomic E-state index is 0.00951. The Morgan fingerprint density at radius 2 is 1.77 bits per heavy atom. The zero-order chi connectivity index (χ0) is 21.5. The number of fused-ring (bicyclic) bond motifs is 1. The van der Waals surface area contributed by atoms with Crippen LogP contribution in [0.5, 0.6) is 0 Å². The van der Waals surface area contributed by atoms with Gasteiger partial charge in [0.25, 0.3) is 0 Å². The molecular weight excluding hydrogens is 388 g/mol. The van der Waals surface area contributed by atoms with Crippen molar-refractivity contribution in [2.24, 2.45) is 5.92 Å². The van der Waals surface area contributed by atoms with Crippen molar-refractivity contribution in [3.63, 3.8) is 0 Å². The van der Waals surface area contributed by atoms with Gasteiger partial charge in [-0.1, -0.05) is 42.5 Å². The number of carbonyl (C=O) groups is 2. The number of carbonyl (C=O) groups excluding carboxylic acids is 2. The van der Waals surface area contributed by atoms with E-state index in [1.807, 2.05) is 65.8 Å². The van der Waals surface area contributed by atoms with E-state index in [1.165, 1.54) is 0 Å². The Morgan fingerprint density at radius 3 is 2.58 bits per heavy atom. The van der Waals surface area contributed by atoms with E-state index in [9.17, 15) is 9.59 Å².